The Bertz CT molecular complexity index is 1000. The summed E-state index contributed by atoms with van der Waals surface area (Å²) >= 11 is 11.8. The van der Waals surface area contributed by atoms with Gasteiger partial charge in [-0.3, -0.25) is 9.78 Å². The normalized spacial score (nSPS) is 12.8. The zero-order valence-electron chi connectivity index (χ0n) is 15.3. The summed E-state index contributed by atoms with van der Waals surface area (Å²) in [6.45, 7) is -0.303. The smallest absolute Gasteiger partial charge is 0.201 e. The average Bonchev–Trinajstić information content (AvgIpc) is 2.74. The van der Waals surface area contributed by atoms with Gasteiger partial charge in [0.1, 0.15) is 11.9 Å². The molecule has 1 aromatic heterocycles. The molecule has 0 spiro atoms. The summed E-state index contributed by atoms with van der Waals surface area (Å²) in [4.78, 5) is 17.0. The molecular weight excluding hydrogens is 411 g/mol. The Labute approximate surface area is 178 Å². The Balaban J connectivity index is 1.93. The number of aromatic nitrogens is 1. The lowest BCUT2D eigenvalue weighted by atomic mass is 9.95. The molecule has 0 aliphatic rings. The van der Waals surface area contributed by atoms with Gasteiger partial charge in [0.2, 0.25) is 5.78 Å². The van der Waals surface area contributed by atoms with E-state index in [1.807, 2.05) is 0 Å². The van der Waals surface area contributed by atoms with Crippen LogP contribution in [0.2, 0.25) is 10.0 Å². The SMILES string of the molecule is NC(=C(C(=O)COc1ccc(Cl)cc1)C(O)c1cccnc1)c1ccc(Cl)cc1. The Morgan fingerprint density at radius 3 is 2.24 bits per heavy atom. The maximum atomic E-state index is 13.0. The van der Waals surface area contributed by atoms with E-state index in [4.69, 9.17) is 33.7 Å². The van der Waals surface area contributed by atoms with Crippen molar-refractivity contribution in [2.75, 3.05) is 6.61 Å². The third kappa shape index (κ3) is 5.35. The Morgan fingerprint density at radius 1 is 1.03 bits per heavy atom. The van der Waals surface area contributed by atoms with Gasteiger partial charge in [0.25, 0.3) is 0 Å². The first-order valence-electron chi connectivity index (χ1n) is 8.71. The number of aliphatic hydroxyl groups is 1. The van der Waals surface area contributed by atoms with Crippen molar-refractivity contribution in [3.05, 3.63) is 99.8 Å². The van der Waals surface area contributed by atoms with Crippen LogP contribution in [-0.2, 0) is 4.79 Å². The van der Waals surface area contributed by atoms with Gasteiger partial charge in [-0.1, -0.05) is 41.4 Å². The molecule has 0 fully saturated rings. The maximum Gasteiger partial charge on any atom is 0.201 e. The van der Waals surface area contributed by atoms with Crippen LogP contribution in [-0.4, -0.2) is 22.5 Å². The van der Waals surface area contributed by atoms with Crippen LogP contribution in [0.15, 0.2) is 78.6 Å². The monoisotopic (exact) mass is 428 g/mol. The fourth-order valence-corrected chi connectivity index (χ4v) is 2.95. The highest BCUT2D eigenvalue weighted by atomic mass is 35.5. The number of Topliss-reactive ketones (excluding diaryl/α,β-unsaturated/α-hetero) is 1. The van der Waals surface area contributed by atoms with E-state index in [0.717, 1.165) is 0 Å². The van der Waals surface area contributed by atoms with Crippen LogP contribution in [0.25, 0.3) is 5.70 Å². The first kappa shape index (κ1) is 20.9. The molecule has 1 atom stereocenters. The quantitative estimate of drug-likeness (QED) is 0.543. The first-order valence-corrected chi connectivity index (χ1v) is 9.46. The number of carbonyl (C=O) groups is 1. The van der Waals surface area contributed by atoms with E-state index in [0.29, 0.717) is 26.9 Å². The van der Waals surface area contributed by atoms with Gasteiger partial charge in [0.15, 0.2) is 6.61 Å². The molecule has 0 saturated heterocycles. The second kappa shape index (κ2) is 9.56. The number of hydrogen-bond acceptors (Lipinski definition) is 5. The molecule has 3 N–H and O–H groups in total. The molecule has 0 aliphatic heterocycles. The van der Waals surface area contributed by atoms with E-state index >= 15 is 0 Å². The summed E-state index contributed by atoms with van der Waals surface area (Å²) in [6, 6.07) is 16.6. The molecule has 148 valence electrons. The molecule has 3 aromatic rings. The number of halogens is 2. The summed E-state index contributed by atoms with van der Waals surface area (Å²) in [5.74, 6) is 0.0202. The van der Waals surface area contributed by atoms with Gasteiger partial charge in [-0.2, -0.15) is 0 Å². The summed E-state index contributed by atoms with van der Waals surface area (Å²) < 4.78 is 5.55. The molecule has 0 amide bonds. The average molecular weight is 429 g/mol. The van der Waals surface area contributed by atoms with Crippen LogP contribution < -0.4 is 10.5 Å². The lowest BCUT2D eigenvalue weighted by Gasteiger charge is -2.18. The minimum absolute atomic E-state index is 0.0225. The van der Waals surface area contributed by atoms with Crippen molar-refractivity contribution in [2.45, 2.75) is 6.10 Å². The van der Waals surface area contributed by atoms with Crippen LogP contribution >= 0.6 is 23.2 Å². The number of aliphatic hydroxyl groups excluding tert-OH is 1. The number of benzene rings is 2. The van der Waals surface area contributed by atoms with Crippen molar-refractivity contribution in [3.63, 3.8) is 0 Å². The first-order chi connectivity index (χ1) is 14.0. The van der Waals surface area contributed by atoms with E-state index in [1.54, 1.807) is 66.9 Å². The topological polar surface area (TPSA) is 85.4 Å². The number of pyridine rings is 1. The predicted octanol–water partition coefficient (Wildman–Crippen LogP) is 4.44. The molecule has 3 rings (SSSR count). The second-order valence-corrected chi connectivity index (χ2v) is 7.06. The third-order valence-corrected chi connectivity index (χ3v) is 4.71. The zero-order chi connectivity index (χ0) is 20.8. The molecule has 1 unspecified atom stereocenters. The molecule has 0 saturated carbocycles. The molecule has 2 aromatic carbocycles. The van der Waals surface area contributed by atoms with Crippen molar-refractivity contribution < 1.29 is 14.6 Å². The number of nitrogens with two attached hydrogens (primary N) is 1. The van der Waals surface area contributed by atoms with Crippen molar-refractivity contribution >= 4 is 34.7 Å². The van der Waals surface area contributed by atoms with Gasteiger partial charge in [-0.15, -0.1) is 0 Å². The highest BCUT2D eigenvalue weighted by Gasteiger charge is 2.25. The fraction of sp³-hybridized carbons (Fsp3) is 0.0909. The van der Waals surface area contributed by atoms with Gasteiger partial charge < -0.3 is 15.6 Å². The summed E-state index contributed by atoms with van der Waals surface area (Å²) in [7, 11) is 0. The van der Waals surface area contributed by atoms with E-state index < -0.39 is 11.9 Å². The largest absolute Gasteiger partial charge is 0.485 e. The molecule has 29 heavy (non-hydrogen) atoms. The van der Waals surface area contributed by atoms with Gasteiger partial charge in [0.05, 0.1) is 5.57 Å². The molecular formula is C22H18Cl2N2O3. The van der Waals surface area contributed by atoms with Crippen molar-refractivity contribution in [2.24, 2.45) is 5.73 Å². The van der Waals surface area contributed by atoms with Gasteiger partial charge in [-0.05, 0) is 48.0 Å². The van der Waals surface area contributed by atoms with Crippen LogP contribution in [0.4, 0.5) is 0 Å². The molecule has 0 radical (unpaired) electrons. The molecule has 7 heteroatoms. The summed E-state index contributed by atoms with van der Waals surface area (Å²) in [5, 5.41) is 12.0. The number of nitrogens with zero attached hydrogens (tertiary/aromatic N) is 1. The van der Waals surface area contributed by atoms with Crippen molar-refractivity contribution in [1.82, 2.24) is 4.98 Å². The van der Waals surface area contributed by atoms with Crippen LogP contribution in [0, 0.1) is 0 Å². The van der Waals surface area contributed by atoms with Crippen LogP contribution in [0.1, 0.15) is 17.2 Å². The highest BCUT2D eigenvalue weighted by molar-refractivity contribution is 6.30. The maximum absolute atomic E-state index is 13.0. The highest BCUT2D eigenvalue weighted by Crippen LogP contribution is 2.28. The second-order valence-electron chi connectivity index (χ2n) is 6.19. The minimum atomic E-state index is -1.26. The van der Waals surface area contributed by atoms with E-state index in [2.05, 4.69) is 4.98 Å². The predicted molar refractivity (Wildman–Crippen MR) is 114 cm³/mol. The number of carbonyl (C=O) groups excluding carboxylic acids is 1. The number of ether oxygens (including phenoxy) is 1. The van der Waals surface area contributed by atoms with Gasteiger partial charge in [-0.25, -0.2) is 0 Å². The minimum Gasteiger partial charge on any atom is -0.485 e. The van der Waals surface area contributed by atoms with E-state index in [9.17, 15) is 9.90 Å². The molecule has 0 bridgehead atoms. The molecule has 0 aliphatic carbocycles. The number of rotatable bonds is 7. The van der Waals surface area contributed by atoms with E-state index in [-0.39, 0.29) is 17.9 Å². The van der Waals surface area contributed by atoms with Crippen molar-refractivity contribution in [3.8, 4) is 5.75 Å². The van der Waals surface area contributed by atoms with Crippen LogP contribution in [0.3, 0.4) is 0 Å². The third-order valence-electron chi connectivity index (χ3n) is 4.20. The molecule has 5 nitrogen and oxygen atoms in total. The Kier molecular flexibility index (Phi) is 6.88. The fourth-order valence-electron chi connectivity index (χ4n) is 2.70. The van der Waals surface area contributed by atoms with E-state index in [1.165, 1.54) is 6.20 Å². The van der Waals surface area contributed by atoms with Gasteiger partial charge >= 0.3 is 0 Å². The Morgan fingerprint density at radius 2 is 1.66 bits per heavy atom. The zero-order valence-corrected chi connectivity index (χ0v) is 16.8. The molecule has 1 heterocycles. The number of ketones is 1. The summed E-state index contributed by atoms with van der Waals surface area (Å²) in [6.07, 6.45) is 1.79. The van der Waals surface area contributed by atoms with Crippen molar-refractivity contribution in [1.29, 1.82) is 0 Å². The Hall–Kier alpha value is -2.86. The standard InChI is InChI=1S/C22H18Cl2N2O3/c23-16-5-3-14(4-6-16)21(25)20(22(28)15-2-1-11-26-12-15)19(27)13-29-18-9-7-17(24)8-10-18/h1-12,22,28H,13,25H2. The summed E-state index contributed by atoms with van der Waals surface area (Å²) in [5.41, 5.74) is 7.45. The van der Waals surface area contributed by atoms with Crippen LogP contribution in [0.5, 0.6) is 5.75 Å². The lowest BCUT2D eigenvalue weighted by molar-refractivity contribution is -0.118. The lowest BCUT2D eigenvalue weighted by Crippen LogP contribution is -2.22. The number of hydrogen-bond donors (Lipinski definition) is 2. The van der Waals surface area contributed by atoms with Gasteiger partial charge in [0, 0.05) is 33.7 Å².